The second kappa shape index (κ2) is 4.95. The number of carboxylic acids is 1. The summed E-state index contributed by atoms with van der Waals surface area (Å²) in [5.74, 6) is -0.636. The van der Waals surface area contributed by atoms with Crippen molar-refractivity contribution >= 4 is 5.97 Å². The van der Waals surface area contributed by atoms with Gasteiger partial charge >= 0.3 is 5.97 Å². The van der Waals surface area contributed by atoms with Crippen LogP contribution in [0.5, 0.6) is 0 Å². The van der Waals surface area contributed by atoms with Crippen molar-refractivity contribution in [2.75, 3.05) is 0 Å². The predicted octanol–water partition coefficient (Wildman–Crippen LogP) is 1.49. The number of aromatic carboxylic acids is 1. The van der Waals surface area contributed by atoms with Crippen LogP contribution in [0.1, 0.15) is 35.6 Å². The summed E-state index contributed by atoms with van der Waals surface area (Å²) in [4.78, 5) is 18.8. The molecule has 0 aliphatic heterocycles. The summed E-state index contributed by atoms with van der Waals surface area (Å²) in [7, 11) is 0. The number of aryl methyl sites for hydroxylation is 2. The van der Waals surface area contributed by atoms with Gasteiger partial charge < -0.3 is 5.11 Å². The van der Waals surface area contributed by atoms with Gasteiger partial charge in [-0.1, -0.05) is 13.8 Å². The molecule has 0 aliphatic carbocycles. The molecule has 2 heterocycles. The van der Waals surface area contributed by atoms with Crippen molar-refractivity contribution in [1.29, 1.82) is 0 Å². The largest absolute Gasteiger partial charge is 0.478 e. The molecule has 0 amide bonds. The van der Waals surface area contributed by atoms with Gasteiger partial charge in [-0.25, -0.2) is 19.4 Å². The van der Waals surface area contributed by atoms with E-state index in [0.717, 1.165) is 24.2 Å². The van der Waals surface area contributed by atoms with Crippen molar-refractivity contribution in [3.05, 3.63) is 35.4 Å². The van der Waals surface area contributed by atoms with Gasteiger partial charge in [-0.05, 0) is 18.9 Å². The molecular formula is C12H14N4O2. The molecule has 94 valence electrons. The Balaban J connectivity index is 2.41. The van der Waals surface area contributed by atoms with E-state index in [2.05, 4.69) is 15.1 Å². The molecule has 2 aromatic heterocycles. The van der Waals surface area contributed by atoms with Crippen LogP contribution < -0.4 is 0 Å². The Morgan fingerprint density at radius 3 is 2.44 bits per heavy atom. The maximum Gasteiger partial charge on any atom is 0.338 e. The lowest BCUT2D eigenvalue weighted by molar-refractivity contribution is 0.0696. The van der Waals surface area contributed by atoms with E-state index in [4.69, 9.17) is 5.11 Å². The zero-order valence-electron chi connectivity index (χ0n) is 10.3. The highest BCUT2D eigenvalue weighted by Crippen LogP contribution is 2.10. The summed E-state index contributed by atoms with van der Waals surface area (Å²) in [6, 6.07) is 2.01. The molecule has 0 saturated heterocycles. The minimum Gasteiger partial charge on any atom is -0.478 e. The SMILES string of the molecule is CCc1cc(CC)n(-c2ncc(C(=O)O)cn2)n1. The third-order valence-electron chi connectivity index (χ3n) is 2.63. The molecule has 0 unspecified atom stereocenters. The van der Waals surface area contributed by atoms with E-state index in [1.54, 1.807) is 4.68 Å². The topological polar surface area (TPSA) is 80.9 Å². The first-order valence-electron chi connectivity index (χ1n) is 5.79. The van der Waals surface area contributed by atoms with E-state index in [9.17, 15) is 4.79 Å². The van der Waals surface area contributed by atoms with Gasteiger partial charge in [-0.3, -0.25) is 0 Å². The molecule has 1 N–H and O–H groups in total. The number of nitrogens with zero attached hydrogens (tertiary/aromatic N) is 4. The van der Waals surface area contributed by atoms with Crippen LogP contribution in [0.25, 0.3) is 5.95 Å². The lowest BCUT2D eigenvalue weighted by atomic mass is 10.3. The Hall–Kier alpha value is -2.24. The van der Waals surface area contributed by atoms with Gasteiger partial charge in [0, 0.05) is 18.1 Å². The third kappa shape index (κ3) is 2.22. The average molecular weight is 246 g/mol. The molecule has 2 rings (SSSR count). The Morgan fingerprint density at radius 1 is 1.28 bits per heavy atom. The first-order valence-corrected chi connectivity index (χ1v) is 5.79. The molecule has 2 aromatic rings. The lowest BCUT2D eigenvalue weighted by Gasteiger charge is -2.03. The molecule has 0 atom stereocenters. The highest BCUT2D eigenvalue weighted by atomic mass is 16.4. The molecule has 0 radical (unpaired) electrons. The van der Waals surface area contributed by atoms with Gasteiger partial charge in [-0.2, -0.15) is 5.10 Å². The second-order valence-electron chi connectivity index (χ2n) is 3.82. The van der Waals surface area contributed by atoms with Crippen LogP contribution in [-0.4, -0.2) is 30.8 Å². The van der Waals surface area contributed by atoms with Crippen molar-refractivity contribution in [1.82, 2.24) is 19.7 Å². The smallest absolute Gasteiger partial charge is 0.338 e. The summed E-state index contributed by atoms with van der Waals surface area (Å²) < 4.78 is 1.66. The van der Waals surface area contributed by atoms with E-state index in [1.807, 2.05) is 19.9 Å². The van der Waals surface area contributed by atoms with Gasteiger partial charge in [0.1, 0.15) is 0 Å². The predicted molar refractivity (Wildman–Crippen MR) is 64.9 cm³/mol. The number of aromatic nitrogens is 4. The minimum atomic E-state index is -1.04. The summed E-state index contributed by atoms with van der Waals surface area (Å²) in [5.41, 5.74) is 2.05. The Morgan fingerprint density at radius 2 is 1.94 bits per heavy atom. The molecule has 0 saturated carbocycles. The fraction of sp³-hybridized carbons (Fsp3) is 0.333. The lowest BCUT2D eigenvalue weighted by Crippen LogP contribution is -2.08. The molecule has 0 spiro atoms. The molecular weight excluding hydrogens is 232 g/mol. The fourth-order valence-electron chi connectivity index (χ4n) is 1.61. The van der Waals surface area contributed by atoms with Gasteiger partial charge in [-0.15, -0.1) is 0 Å². The van der Waals surface area contributed by atoms with Crippen LogP contribution in [0.15, 0.2) is 18.5 Å². The van der Waals surface area contributed by atoms with Crippen LogP contribution in [0.4, 0.5) is 0 Å². The normalized spacial score (nSPS) is 10.6. The van der Waals surface area contributed by atoms with Crippen LogP contribution in [0.2, 0.25) is 0 Å². The molecule has 0 bridgehead atoms. The standard InChI is InChI=1S/C12H14N4O2/c1-3-9-5-10(4-2)16(15-9)12-13-6-8(7-14-12)11(17)18/h5-7H,3-4H2,1-2H3,(H,17,18). The van der Waals surface area contributed by atoms with Gasteiger partial charge in [0.05, 0.1) is 11.3 Å². The van der Waals surface area contributed by atoms with E-state index < -0.39 is 5.97 Å². The van der Waals surface area contributed by atoms with Crippen molar-refractivity contribution in [3.8, 4) is 5.95 Å². The quantitative estimate of drug-likeness (QED) is 0.883. The van der Waals surface area contributed by atoms with Crippen LogP contribution >= 0.6 is 0 Å². The van der Waals surface area contributed by atoms with Gasteiger partial charge in [0.25, 0.3) is 5.95 Å². The van der Waals surface area contributed by atoms with Crippen LogP contribution in [-0.2, 0) is 12.8 Å². The fourth-order valence-corrected chi connectivity index (χ4v) is 1.61. The number of hydrogen-bond donors (Lipinski definition) is 1. The Labute approximate surface area is 104 Å². The van der Waals surface area contributed by atoms with Crippen molar-refractivity contribution in [2.45, 2.75) is 26.7 Å². The zero-order chi connectivity index (χ0) is 13.1. The number of carbonyl (C=O) groups is 1. The number of hydrogen-bond acceptors (Lipinski definition) is 4. The molecule has 18 heavy (non-hydrogen) atoms. The molecule has 0 aliphatic rings. The monoisotopic (exact) mass is 246 g/mol. The third-order valence-corrected chi connectivity index (χ3v) is 2.63. The second-order valence-corrected chi connectivity index (χ2v) is 3.82. The van der Waals surface area contributed by atoms with Gasteiger partial charge in [0.15, 0.2) is 0 Å². The summed E-state index contributed by atoms with van der Waals surface area (Å²) >= 11 is 0. The summed E-state index contributed by atoms with van der Waals surface area (Å²) in [6.07, 6.45) is 4.24. The maximum absolute atomic E-state index is 10.7. The Kier molecular flexibility index (Phi) is 3.36. The van der Waals surface area contributed by atoms with E-state index >= 15 is 0 Å². The molecule has 0 aromatic carbocycles. The number of rotatable bonds is 4. The van der Waals surface area contributed by atoms with Crippen molar-refractivity contribution in [2.24, 2.45) is 0 Å². The summed E-state index contributed by atoms with van der Waals surface area (Å²) in [5, 5.41) is 13.2. The molecule has 0 fully saturated rings. The van der Waals surface area contributed by atoms with Crippen LogP contribution in [0, 0.1) is 0 Å². The summed E-state index contributed by atoms with van der Waals surface area (Å²) in [6.45, 7) is 4.05. The van der Waals surface area contributed by atoms with Crippen molar-refractivity contribution < 1.29 is 9.90 Å². The highest BCUT2D eigenvalue weighted by Gasteiger charge is 2.10. The van der Waals surface area contributed by atoms with E-state index in [0.29, 0.717) is 5.95 Å². The number of carboxylic acid groups (broad SMARTS) is 1. The first-order chi connectivity index (χ1) is 8.65. The van der Waals surface area contributed by atoms with Crippen molar-refractivity contribution in [3.63, 3.8) is 0 Å². The molecule has 6 nitrogen and oxygen atoms in total. The molecule has 6 heteroatoms. The average Bonchev–Trinajstić information content (AvgIpc) is 2.82. The zero-order valence-corrected chi connectivity index (χ0v) is 10.3. The van der Waals surface area contributed by atoms with E-state index in [1.165, 1.54) is 12.4 Å². The maximum atomic E-state index is 10.7. The first kappa shape index (κ1) is 12.2. The highest BCUT2D eigenvalue weighted by molar-refractivity contribution is 5.86. The van der Waals surface area contributed by atoms with E-state index in [-0.39, 0.29) is 5.56 Å². The van der Waals surface area contributed by atoms with Crippen LogP contribution in [0.3, 0.4) is 0 Å². The van der Waals surface area contributed by atoms with Gasteiger partial charge in [0.2, 0.25) is 0 Å². The Bertz CT molecular complexity index is 560. The minimum absolute atomic E-state index is 0.0691.